The van der Waals surface area contributed by atoms with Crippen molar-refractivity contribution < 1.29 is 22.7 Å². The summed E-state index contributed by atoms with van der Waals surface area (Å²) in [4.78, 5) is 11.9. The van der Waals surface area contributed by atoms with Crippen molar-refractivity contribution in [2.45, 2.75) is 56.9 Å². The molecule has 122 valence electrons. The van der Waals surface area contributed by atoms with E-state index in [0.29, 0.717) is 25.8 Å². The number of halogens is 3. The standard InChI is InChI=1S/C14H23F3N2O2/c15-14(16,17)11-4-2-1-3-9(11)8-19-13(20)12-6-5-10(7-18)21-12/h9-12H,1-8,18H2,(H,19,20)/t9?,10-,11?,12+/m1/s1. The number of nitrogens with one attached hydrogen (secondary N) is 1. The van der Waals surface area contributed by atoms with Gasteiger partial charge in [0.1, 0.15) is 6.10 Å². The minimum Gasteiger partial charge on any atom is -0.364 e. The lowest BCUT2D eigenvalue weighted by atomic mass is 9.78. The van der Waals surface area contributed by atoms with E-state index in [1.807, 2.05) is 0 Å². The van der Waals surface area contributed by atoms with Crippen LogP contribution >= 0.6 is 0 Å². The third-order valence-electron chi connectivity index (χ3n) is 4.53. The maximum Gasteiger partial charge on any atom is 0.392 e. The normalized spacial score (nSPS) is 33.9. The van der Waals surface area contributed by atoms with Crippen molar-refractivity contribution in [3.05, 3.63) is 0 Å². The van der Waals surface area contributed by atoms with E-state index in [1.165, 1.54) is 0 Å². The second-order valence-electron chi connectivity index (χ2n) is 6.00. The molecule has 1 aliphatic carbocycles. The summed E-state index contributed by atoms with van der Waals surface area (Å²) in [6, 6.07) is 0. The summed E-state index contributed by atoms with van der Waals surface area (Å²) in [5.74, 6) is -2.13. The fourth-order valence-electron chi connectivity index (χ4n) is 3.30. The van der Waals surface area contributed by atoms with E-state index in [-0.39, 0.29) is 25.0 Å². The molecule has 1 amide bonds. The average Bonchev–Trinajstić information content (AvgIpc) is 2.93. The van der Waals surface area contributed by atoms with E-state index < -0.39 is 24.1 Å². The van der Waals surface area contributed by atoms with Gasteiger partial charge in [0.15, 0.2) is 0 Å². The van der Waals surface area contributed by atoms with Crippen LogP contribution in [0.4, 0.5) is 13.2 Å². The first-order chi connectivity index (χ1) is 9.91. The van der Waals surface area contributed by atoms with Gasteiger partial charge in [0, 0.05) is 13.1 Å². The lowest BCUT2D eigenvalue weighted by molar-refractivity contribution is -0.196. The number of rotatable bonds is 4. The maximum atomic E-state index is 13.0. The number of hydrogen-bond donors (Lipinski definition) is 2. The highest BCUT2D eigenvalue weighted by molar-refractivity contribution is 5.81. The van der Waals surface area contributed by atoms with Crippen molar-refractivity contribution in [3.8, 4) is 0 Å². The summed E-state index contributed by atoms with van der Waals surface area (Å²) in [6.45, 7) is 0.443. The quantitative estimate of drug-likeness (QED) is 0.834. The first kappa shape index (κ1) is 16.5. The largest absolute Gasteiger partial charge is 0.392 e. The molecule has 1 saturated carbocycles. The van der Waals surface area contributed by atoms with Gasteiger partial charge < -0.3 is 15.8 Å². The van der Waals surface area contributed by atoms with Crippen LogP contribution in [0.25, 0.3) is 0 Å². The van der Waals surface area contributed by atoms with Crippen LogP contribution in [0, 0.1) is 11.8 Å². The van der Waals surface area contributed by atoms with E-state index in [0.717, 1.165) is 12.8 Å². The van der Waals surface area contributed by atoms with Gasteiger partial charge in [0.25, 0.3) is 0 Å². The van der Waals surface area contributed by atoms with Gasteiger partial charge >= 0.3 is 6.18 Å². The third kappa shape index (κ3) is 4.32. The Hall–Kier alpha value is -0.820. The van der Waals surface area contributed by atoms with E-state index in [2.05, 4.69) is 5.32 Å². The Kier molecular flexibility index (Phi) is 5.48. The molecule has 4 atom stereocenters. The van der Waals surface area contributed by atoms with Crippen molar-refractivity contribution in [1.29, 1.82) is 0 Å². The predicted molar refractivity (Wildman–Crippen MR) is 71.5 cm³/mol. The van der Waals surface area contributed by atoms with E-state index in [1.54, 1.807) is 0 Å². The Morgan fingerprint density at radius 3 is 2.52 bits per heavy atom. The zero-order valence-corrected chi connectivity index (χ0v) is 12.0. The molecule has 1 heterocycles. The van der Waals surface area contributed by atoms with Crippen LogP contribution in [0.5, 0.6) is 0 Å². The van der Waals surface area contributed by atoms with E-state index in [4.69, 9.17) is 10.5 Å². The van der Waals surface area contributed by atoms with Crippen molar-refractivity contribution in [1.82, 2.24) is 5.32 Å². The lowest BCUT2D eigenvalue weighted by Gasteiger charge is -2.33. The van der Waals surface area contributed by atoms with E-state index in [9.17, 15) is 18.0 Å². The SMILES string of the molecule is NC[C@H]1CC[C@@H](C(=O)NCC2CCCCC2C(F)(F)F)O1. The number of alkyl halides is 3. The molecule has 2 fully saturated rings. The molecule has 21 heavy (non-hydrogen) atoms. The fraction of sp³-hybridized carbons (Fsp3) is 0.929. The highest BCUT2D eigenvalue weighted by atomic mass is 19.4. The number of amides is 1. The molecule has 1 saturated heterocycles. The number of hydrogen-bond acceptors (Lipinski definition) is 3. The summed E-state index contributed by atoms with van der Waals surface area (Å²) in [5, 5.41) is 2.64. The van der Waals surface area contributed by atoms with Gasteiger partial charge in [0.05, 0.1) is 12.0 Å². The molecule has 4 nitrogen and oxygen atoms in total. The van der Waals surface area contributed by atoms with Crippen LogP contribution in [0.1, 0.15) is 38.5 Å². The monoisotopic (exact) mass is 308 g/mol. The Bertz CT molecular complexity index is 363. The molecule has 3 N–H and O–H groups in total. The summed E-state index contributed by atoms with van der Waals surface area (Å²) in [5.41, 5.74) is 5.47. The van der Waals surface area contributed by atoms with Crippen LogP contribution in [0.15, 0.2) is 0 Å². The Labute approximate surface area is 122 Å². The van der Waals surface area contributed by atoms with Crippen LogP contribution < -0.4 is 11.1 Å². The number of ether oxygens (including phenoxy) is 1. The lowest BCUT2D eigenvalue weighted by Crippen LogP contribution is -2.43. The second kappa shape index (κ2) is 6.96. The van der Waals surface area contributed by atoms with Gasteiger partial charge in [-0.1, -0.05) is 12.8 Å². The van der Waals surface area contributed by atoms with Crippen LogP contribution in [0.3, 0.4) is 0 Å². The molecule has 0 radical (unpaired) electrons. The second-order valence-corrected chi connectivity index (χ2v) is 6.00. The fourth-order valence-corrected chi connectivity index (χ4v) is 3.30. The Morgan fingerprint density at radius 2 is 1.90 bits per heavy atom. The smallest absolute Gasteiger partial charge is 0.364 e. The molecule has 0 aromatic rings. The number of nitrogens with two attached hydrogens (primary N) is 1. The molecule has 0 aromatic heterocycles. The molecule has 0 spiro atoms. The van der Waals surface area contributed by atoms with Gasteiger partial charge in [-0.25, -0.2) is 0 Å². The maximum absolute atomic E-state index is 13.0. The molecule has 2 rings (SSSR count). The summed E-state index contributed by atoms with van der Waals surface area (Å²) >= 11 is 0. The first-order valence-corrected chi connectivity index (χ1v) is 7.61. The average molecular weight is 308 g/mol. The van der Waals surface area contributed by atoms with Gasteiger partial charge in [-0.2, -0.15) is 13.2 Å². The van der Waals surface area contributed by atoms with Crippen LogP contribution in [-0.4, -0.2) is 37.4 Å². The number of carbonyl (C=O) groups is 1. The summed E-state index contributed by atoms with van der Waals surface area (Å²) in [7, 11) is 0. The van der Waals surface area contributed by atoms with Crippen molar-refractivity contribution >= 4 is 5.91 Å². The molecule has 0 bridgehead atoms. The molecule has 0 aromatic carbocycles. The minimum absolute atomic E-state index is 0.0795. The summed E-state index contributed by atoms with van der Waals surface area (Å²) < 4.78 is 44.3. The molecular formula is C14H23F3N2O2. The molecule has 1 aliphatic heterocycles. The molecule has 2 unspecified atom stereocenters. The highest BCUT2D eigenvalue weighted by Crippen LogP contribution is 2.41. The Morgan fingerprint density at radius 1 is 1.19 bits per heavy atom. The van der Waals surface area contributed by atoms with Crippen molar-refractivity contribution in [2.75, 3.05) is 13.1 Å². The van der Waals surface area contributed by atoms with Crippen molar-refractivity contribution in [3.63, 3.8) is 0 Å². The van der Waals surface area contributed by atoms with Crippen LogP contribution in [-0.2, 0) is 9.53 Å². The summed E-state index contributed by atoms with van der Waals surface area (Å²) in [6.07, 6.45) is -1.46. The zero-order chi connectivity index (χ0) is 15.5. The van der Waals surface area contributed by atoms with Gasteiger partial charge in [0.2, 0.25) is 5.91 Å². The van der Waals surface area contributed by atoms with Crippen LogP contribution in [0.2, 0.25) is 0 Å². The molecule has 7 heteroatoms. The topological polar surface area (TPSA) is 64.4 Å². The Balaban J connectivity index is 1.82. The molecule has 2 aliphatic rings. The number of carbonyl (C=O) groups excluding carboxylic acids is 1. The first-order valence-electron chi connectivity index (χ1n) is 7.61. The predicted octanol–water partition coefficient (Wildman–Crippen LogP) is 1.98. The van der Waals surface area contributed by atoms with Gasteiger partial charge in [-0.15, -0.1) is 0 Å². The van der Waals surface area contributed by atoms with Gasteiger partial charge in [-0.05, 0) is 31.6 Å². The molecular weight excluding hydrogens is 285 g/mol. The van der Waals surface area contributed by atoms with Crippen molar-refractivity contribution in [2.24, 2.45) is 17.6 Å². The van der Waals surface area contributed by atoms with Gasteiger partial charge in [-0.3, -0.25) is 4.79 Å². The van der Waals surface area contributed by atoms with E-state index >= 15 is 0 Å². The zero-order valence-electron chi connectivity index (χ0n) is 12.0. The minimum atomic E-state index is -4.18. The highest BCUT2D eigenvalue weighted by Gasteiger charge is 2.45. The third-order valence-corrected chi connectivity index (χ3v) is 4.53.